The summed E-state index contributed by atoms with van der Waals surface area (Å²) in [7, 11) is 0. The Kier molecular flexibility index (Phi) is 4.07. The van der Waals surface area contributed by atoms with Gasteiger partial charge in [0.25, 0.3) is 0 Å². The number of carbonyl (C=O) groups is 2. The summed E-state index contributed by atoms with van der Waals surface area (Å²) in [5, 5.41) is 16.3. The number of hydroxylamine groups is 2. The van der Waals surface area contributed by atoms with Crippen molar-refractivity contribution in [3.63, 3.8) is 0 Å². The molecule has 0 saturated heterocycles. The topological polar surface area (TPSA) is 117 Å². The minimum Gasteiger partial charge on any atom is -0.409 e. The Hall–Kier alpha value is -2.32. The van der Waals surface area contributed by atoms with Crippen LogP contribution in [0.2, 0.25) is 0 Å². The van der Waals surface area contributed by atoms with Crippen LogP contribution in [0.3, 0.4) is 0 Å². The number of hydrogen-bond acceptors (Lipinski definition) is 6. The van der Waals surface area contributed by atoms with Gasteiger partial charge in [-0.3, -0.25) is 10.4 Å². The number of ether oxygens (including phenoxy) is 2. The predicted molar refractivity (Wildman–Crippen MR) is 48.3 cm³/mol. The van der Waals surface area contributed by atoms with Gasteiger partial charge < -0.3 is 9.47 Å². The Labute approximate surface area is 89.3 Å². The smallest absolute Gasteiger partial charge is 0.409 e. The molecule has 0 aliphatic rings. The predicted octanol–water partition coefficient (Wildman–Crippen LogP) is 0.642. The second-order valence-electron chi connectivity index (χ2n) is 2.47. The first-order valence-electron chi connectivity index (χ1n) is 3.99. The van der Waals surface area contributed by atoms with Gasteiger partial charge >= 0.3 is 12.2 Å². The first kappa shape index (κ1) is 11.8. The van der Waals surface area contributed by atoms with Crippen molar-refractivity contribution in [1.29, 1.82) is 0 Å². The molecule has 8 heteroatoms. The zero-order valence-corrected chi connectivity index (χ0v) is 7.84. The van der Waals surface area contributed by atoms with Crippen LogP contribution in [0, 0.1) is 0 Å². The van der Waals surface area contributed by atoms with Gasteiger partial charge in [0.1, 0.15) is 11.5 Å². The first-order chi connectivity index (χ1) is 7.65. The zero-order valence-electron chi connectivity index (χ0n) is 7.84. The summed E-state index contributed by atoms with van der Waals surface area (Å²) in [6, 6.07) is 5.31. The molecule has 0 aliphatic carbocycles. The van der Waals surface area contributed by atoms with E-state index in [2.05, 4.69) is 9.47 Å². The molecule has 0 unspecified atom stereocenters. The summed E-state index contributed by atoms with van der Waals surface area (Å²) in [5.41, 5.74) is 2.56. The minimum atomic E-state index is -1.04. The maximum Gasteiger partial charge on any atom is 0.436 e. The largest absolute Gasteiger partial charge is 0.436 e. The standard InChI is InChI=1S/C8H8N2O6/c11-7(9-13)15-5-1-2-6(4-3-5)16-8(12)10-14/h1-4,13-14H,(H,9,11)(H,10,12). The number of rotatable bonds is 2. The lowest BCUT2D eigenvalue weighted by atomic mass is 10.3. The molecule has 0 aliphatic heterocycles. The molecule has 0 fully saturated rings. The monoisotopic (exact) mass is 228 g/mol. The third kappa shape index (κ3) is 3.44. The van der Waals surface area contributed by atoms with Gasteiger partial charge in [0.2, 0.25) is 0 Å². The molecule has 4 N–H and O–H groups in total. The second kappa shape index (κ2) is 5.53. The molecular formula is C8H8N2O6. The number of carbonyl (C=O) groups excluding carboxylic acids is 2. The molecule has 2 amide bonds. The average molecular weight is 228 g/mol. The summed E-state index contributed by atoms with van der Waals surface area (Å²) in [6.45, 7) is 0. The molecule has 1 aromatic carbocycles. The van der Waals surface area contributed by atoms with Crippen molar-refractivity contribution in [3.8, 4) is 11.5 Å². The van der Waals surface area contributed by atoms with Crippen molar-refractivity contribution in [3.05, 3.63) is 24.3 Å². The van der Waals surface area contributed by atoms with Crippen LogP contribution in [0.1, 0.15) is 0 Å². The second-order valence-corrected chi connectivity index (χ2v) is 2.47. The molecule has 0 saturated carbocycles. The molecule has 0 spiro atoms. The van der Waals surface area contributed by atoms with Crippen molar-refractivity contribution in [2.24, 2.45) is 0 Å². The fraction of sp³-hybridized carbons (Fsp3) is 0. The van der Waals surface area contributed by atoms with Crippen LogP contribution < -0.4 is 20.4 Å². The van der Waals surface area contributed by atoms with Gasteiger partial charge in [-0.15, -0.1) is 0 Å². The van der Waals surface area contributed by atoms with E-state index < -0.39 is 12.2 Å². The fourth-order valence-corrected chi connectivity index (χ4v) is 0.835. The Bertz CT molecular complexity index is 340. The van der Waals surface area contributed by atoms with Gasteiger partial charge in [-0.25, -0.2) is 20.5 Å². The van der Waals surface area contributed by atoms with E-state index in [1.54, 1.807) is 0 Å². The summed E-state index contributed by atoms with van der Waals surface area (Å²) in [5.74, 6) is 0.284. The first-order valence-corrected chi connectivity index (χ1v) is 3.99. The van der Waals surface area contributed by atoms with Crippen LogP contribution in [-0.4, -0.2) is 22.6 Å². The molecule has 8 nitrogen and oxygen atoms in total. The van der Waals surface area contributed by atoms with E-state index in [1.807, 2.05) is 0 Å². The molecule has 86 valence electrons. The van der Waals surface area contributed by atoms with Crippen molar-refractivity contribution in [1.82, 2.24) is 11.0 Å². The highest BCUT2D eigenvalue weighted by atomic mass is 16.6. The van der Waals surface area contributed by atoms with Gasteiger partial charge in [-0.05, 0) is 24.3 Å². The van der Waals surface area contributed by atoms with Crippen LogP contribution in [0.5, 0.6) is 11.5 Å². The van der Waals surface area contributed by atoms with Crippen molar-refractivity contribution in [2.75, 3.05) is 0 Å². The molecule has 0 heterocycles. The van der Waals surface area contributed by atoms with Crippen LogP contribution in [0.4, 0.5) is 9.59 Å². The highest BCUT2D eigenvalue weighted by Crippen LogP contribution is 2.17. The molecule has 16 heavy (non-hydrogen) atoms. The summed E-state index contributed by atoms with van der Waals surface area (Å²) in [6.07, 6.45) is -2.08. The van der Waals surface area contributed by atoms with Crippen LogP contribution in [0.15, 0.2) is 24.3 Å². The normalized spacial score (nSPS) is 9.12. The van der Waals surface area contributed by atoms with Gasteiger partial charge in [-0.2, -0.15) is 0 Å². The Morgan fingerprint density at radius 1 is 0.875 bits per heavy atom. The van der Waals surface area contributed by atoms with E-state index in [0.717, 1.165) is 0 Å². The summed E-state index contributed by atoms with van der Waals surface area (Å²) >= 11 is 0. The molecule has 0 bridgehead atoms. The van der Waals surface area contributed by atoms with Crippen LogP contribution >= 0.6 is 0 Å². The maximum absolute atomic E-state index is 10.6. The molecule has 0 atom stereocenters. The van der Waals surface area contributed by atoms with E-state index in [1.165, 1.54) is 35.2 Å². The Morgan fingerprint density at radius 3 is 1.44 bits per heavy atom. The Morgan fingerprint density at radius 2 is 1.19 bits per heavy atom. The van der Waals surface area contributed by atoms with Gasteiger partial charge in [0, 0.05) is 0 Å². The molecule has 1 rings (SSSR count). The van der Waals surface area contributed by atoms with Crippen LogP contribution in [0.25, 0.3) is 0 Å². The summed E-state index contributed by atoms with van der Waals surface area (Å²) in [4.78, 5) is 21.2. The summed E-state index contributed by atoms with van der Waals surface area (Å²) < 4.78 is 9.09. The van der Waals surface area contributed by atoms with Crippen LogP contribution in [-0.2, 0) is 0 Å². The van der Waals surface area contributed by atoms with Crippen molar-refractivity contribution >= 4 is 12.2 Å². The molecular weight excluding hydrogens is 220 g/mol. The van der Waals surface area contributed by atoms with E-state index in [4.69, 9.17) is 10.4 Å². The third-order valence-corrected chi connectivity index (χ3v) is 1.43. The lowest BCUT2D eigenvalue weighted by Crippen LogP contribution is -2.23. The number of hydrogen-bond donors (Lipinski definition) is 4. The Balaban J connectivity index is 2.60. The van der Waals surface area contributed by atoms with Gasteiger partial charge in [0.05, 0.1) is 0 Å². The van der Waals surface area contributed by atoms with Gasteiger partial charge in [0.15, 0.2) is 0 Å². The quantitative estimate of drug-likeness (QED) is 0.436. The highest BCUT2D eigenvalue weighted by Gasteiger charge is 2.04. The third-order valence-electron chi connectivity index (χ3n) is 1.43. The average Bonchev–Trinajstić information content (AvgIpc) is 2.31. The van der Waals surface area contributed by atoms with E-state index >= 15 is 0 Å². The SMILES string of the molecule is O=C(NO)Oc1ccc(OC(=O)NO)cc1. The van der Waals surface area contributed by atoms with Gasteiger partial charge in [-0.1, -0.05) is 0 Å². The molecule has 0 radical (unpaired) electrons. The zero-order chi connectivity index (χ0) is 12.0. The number of benzene rings is 1. The van der Waals surface area contributed by atoms with E-state index in [-0.39, 0.29) is 11.5 Å². The lowest BCUT2D eigenvalue weighted by Gasteiger charge is -2.04. The highest BCUT2D eigenvalue weighted by molar-refractivity contribution is 5.70. The van der Waals surface area contributed by atoms with Crippen molar-refractivity contribution < 1.29 is 29.5 Å². The maximum atomic E-state index is 10.6. The number of nitrogens with one attached hydrogen (secondary N) is 2. The minimum absolute atomic E-state index is 0.142. The van der Waals surface area contributed by atoms with E-state index in [9.17, 15) is 9.59 Å². The number of amides is 2. The van der Waals surface area contributed by atoms with E-state index in [0.29, 0.717) is 0 Å². The molecule has 1 aromatic rings. The van der Waals surface area contributed by atoms with Crippen molar-refractivity contribution in [2.45, 2.75) is 0 Å². The molecule has 0 aromatic heterocycles. The lowest BCUT2D eigenvalue weighted by molar-refractivity contribution is 0.126. The fourth-order valence-electron chi connectivity index (χ4n) is 0.835.